The van der Waals surface area contributed by atoms with Gasteiger partial charge in [0.2, 0.25) is 28.6 Å². The van der Waals surface area contributed by atoms with Gasteiger partial charge in [0.1, 0.15) is 12.6 Å². The van der Waals surface area contributed by atoms with Crippen LogP contribution in [-0.4, -0.2) is 56.8 Å². The number of hydrogen-bond donors (Lipinski definition) is 1. The number of carbonyl (C=O) groups excluding carboxylic acids is 2. The largest absolute Gasteiger partial charge is 0.454 e. The third-order valence-electron chi connectivity index (χ3n) is 6.14. The molecule has 202 valence electrons. The maximum Gasteiger partial charge on any atom is 0.244 e. The van der Waals surface area contributed by atoms with Crippen LogP contribution in [0, 0.1) is 0 Å². The number of halogens is 1. The summed E-state index contributed by atoms with van der Waals surface area (Å²) >= 11 is 6.38. The highest BCUT2D eigenvalue weighted by atomic mass is 35.5. The molecule has 0 saturated carbocycles. The molecular formula is C26H34ClN3O6S. The Balaban J connectivity index is 1.96. The van der Waals surface area contributed by atoms with E-state index in [2.05, 4.69) is 5.32 Å². The Morgan fingerprint density at radius 2 is 1.81 bits per heavy atom. The molecular weight excluding hydrogens is 518 g/mol. The minimum absolute atomic E-state index is 0.0369. The average molecular weight is 552 g/mol. The van der Waals surface area contributed by atoms with E-state index < -0.39 is 28.5 Å². The van der Waals surface area contributed by atoms with E-state index in [9.17, 15) is 18.0 Å². The van der Waals surface area contributed by atoms with Gasteiger partial charge in [-0.2, -0.15) is 0 Å². The Hall–Kier alpha value is -2.98. The summed E-state index contributed by atoms with van der Waals surface area (Å²) in [6.07, 6.45) is 2.07. The van der Waals surface area contributed by atoms with Crippen LogP contribution in [0.3, 0.4) is 0 Å². The number of rotatable bonds is 13. The molecule has 9 nitrogen and oxygen atoms in total. The molecule has 0 fully saturated rings. The minimum Gasteiger partial charge on any atom is -0.454 e. The first-order chi connectivity index (χ1) is 17.7. The van der Waals surface area contributed by atoms with Crippen molar-refractivity contribution in [2.24, 2.45) is 0 Å². The van der Waals surface area contributed by atoms with E-state index in [-0.39, 0.29) is 30.7 Å². The second-order valence-corrected chi connectivity index (χ2v) is 11.2. The Labute approximate surface area is 223 Å². The molecule has 0 aliphatic carbocycles. The van der Waals surface area contributed by atoms with Crippen molar-refractivity contribution in [1.82, 2.24) is 10.2 Å². The molecule has 0 spiro atoms. The smallest absolute Gasteiger partial charge is 0.244 e. The van der Waals surface area contributed by atoms with Crippen molar-refractivity contribution >= 4 is 39.1 Å². The number of nitrogens with one attached hydrogen (secondary N) is 1. The van der Waals surface area contributed by atoms with E-state index in [1.807, 2.05) is 13.8 Å². The van der Waals surface area contributed by atoms with E-state index in [0.29, 0.717) is 35.1 Å². The number of amides is 2. The second-order valence-electron chi connectivity index (χ2n) is 8.63. The van der Waals surface area contributed by atoms with Crippen molar-refractivity contribution in [2.45, 2.75) is 52.6 Å². The van der Waals surface area contributed by atoms with Gasteiger partial charge in [-0.05, 0) is 43.5 Å². The third kappa shape index (κ3) is 7.07. The van der Waals surface area contributed by atoms with Crippen LogP contribution in [0.1, 0.15) is 45.6 Å². The lowest BCUT2D eigenvalue weighted by Gasteiger charge is -2.33. The normalized spacial score (nSPS) is 13.2. The number of carbonyl (C=O) groups is 2. The molecule has 0 bridgehead atoms. The fraction of sp³-hybridized carbons (Fsp3) is 0.462. The summed E-state index contributed by atoms with van der Waals surface area (Å²) in [5, 5.41) is 3.35. The van der Waals surface area contributed by atoms with Crippen LogP contribution in [-0.2, 0) is 26.2 Å². The summed E-state index contributed by atoms with van der Waals surface area (Å²) in [6.45, 7) is 5.45. The Morgan fingerprint density at radius 1 is 1.08 bits per heavy atom. The predicted molar refractivity (Wildman–Crippen MR) is 143 cm³/mol. The quantitative estimate of drug-likeness (QED) is 0.378. The molecule has 11 heteroatoms. The van der Waals surface area contributed by atoms with Gasteiger partial charge in [0, 0.05) is 24.2 Å². The van der Waals surface area contributed by atoms with E-state index in [0.717, 1.165) is 17.1 Å². The summed E-state index contributed by atoms with van der Waals surface area (Å²) in [5.41, 5.74) is 0.933. The first-order valence-electron chi connectivity index (χ1n) is 12.4. The first kappa shape index (κ1) is 28.6. The van der Waals surface area contributed by atoms with Gasteiger partial charge in [0.15, 0.2) is 11.5 Å². The van der Waals surface area contributed by atoms with Gasteiger partial charge >= 0.3 is 0 Å². The highest BCUT2D eigenvalue weighted by Gasteiger charge is 2.33. The number of nitrogens with zero attached hydrogens (tertiary/aromatic N) is 2. The molecule has 2 aromatic rings. The van der Waals surface area contributed by atoms with Gasteiger partial charge in [-0.3, -0.25) is 13.9 Å². The summed E-state index contributed by atoms with van der Waals surface area (Å²) < 4.78 is 38.0. The zero-order chi connectivity index (χ0) is 27.0. The summed E-state index contributed by atoms with van der Waals surface area (Å²) in [6, 6.07) is 11.0. The summed E-state index contributed by atoms with van der Waals surface area (Å²) in [4.78, 5) is 28.3. The molecule has 37 heavy (non-hydrogen) atoms. The van der Waals surface area contributed by atoms with Crippen molar-refractivity contribution in [3.63, 3.8) is 0 Å². The summed E-state index contributed by atoms with van der Waals surface area (Å²) in [5.74, 6) is -0.125. The third-order valence-corrected chi connectivity index (χ3v) is 8.25. The molecule has 2 aromatic carbocycles. The maximum atomic E-state index is 13.8. The lowest BCUT2D eigenvalue weighted by atomic mass is 10.1. The highest BCUT2D eigenvalue weighted by Crippen LogP contribution is 2.36. The molecule has 1 heterocycles. The van der Waals surface area contributed by atoms with Crippen LogP contribution >= 0.6 is 11.6 Å². The van der Waals surface area contributed by atoms with Gasteiger partial charge < -0.3 is 19.7 Å². The van der Waals surface area contributed by atoms with Gasteiger partial charge in [-0.1, -0.05) is 50.1 Å². The monoisotopic (exact) mass is 551 g/mol. The molecule has 0 aromatic heterocycles. The Morgan fingerprint density at radius 3 is 2.49 bits per heavy atom. The molecule has 1 atom stereocenters. The fourth-order valence-corrected chi connectivity index (χ4v) is 5.24. The lowest BCUT2D eigenvalue weighted by molar-refractivity contribution is -0.140. The number of fused-ring (bicyclic) bond motifs is 1. The predicted octanol–water partition coefficient (Wildman–Crippen LogP) is 3.95. The van der Waals surface area contributed by atoms with Crippen LogP contribution in [0.2, 0.25) is 5.02 Å². The van der Waals surface area contributed by atoms with Crippen molar-refractivity contribution in [1.29, 1.82) is 0 Å². The number of anilines is 1. The van der Waals surface area contributed by atoms with Crippen LogP contribution in [0.5, 0.6) is 11.5 Å². The van der Waals surface area contributed by atoms with Gasteiger partial charge in [-0.15, -0.1) is 0 Å². The zero-order valence-corrected chi connectivity index (χ0v) is 23.0. The highest BCUT2D eigenvalue weighted by molar-refractivity contribution is 7.92. The lowest BCUT2D eigenvalue weighted by Crippen LogP contribution is -2.52. The topological polar surface area (TPSA) is 105 Å². The Kier molecular flexibility index (Phi) is 10.0. The molecule has 0 saturated heterocycles. The van der Waals surface area contributed by atoms with Crippen molar-refractivity contribution < 1.29 is 27.5 Å². The molecule has 1 unspecified atom stereocenters. The molecule has 2 amide bonds. The van der Waals surface area contributed by atoms with Crippen molar-refractivity contribution in [3.05, 3.63) is 53.1 Å². The van der Waals surface area contributed by atoms with E-state index in [4.69, 9.17) is 21.1 Å². The minimum atomic E-state index is -3.85. The van der Waals surface area contributed by atoms with Crippen molar-refractivity contribution in [2.75, 3.05) is 29.9 Å². The second kappa shape index (κ2) is 13.0. The van der Waals surface area contributed by atoms with Gasteiger partial charge in [0.05, 0.1) is 11.4 Å². The standard InChI is InChI=1S/C26H34ClN3O6S/c1-4-7-14-28-26(32)22(5-2)29(16-19-10-8-9-11-21(19)27)25(31)17-30(37(33,34)6-3)20-12-13-23-24(15-20)36-18-35-23/h8-13,15,22H,4-7,14,16-18H2,1-3H3,(H,28,32). The van der Waals surface area contributed by atoms with Gasteiger partial charge in [-0.25, -0.2) is 8.42 Å². The molecule has 1 N–H and O–H groups in total. The van der Waals surface area contributed by atoms with Crippen LogP contribution in [0.4, 0.5) is 5.69 Å². The first-order valence-corrected chi connectivity index (χ1v) is 14.4. The summed E-state index contributed by atoms with van der Waals surface area (Å²) in [7, 11) is -3.85. The molecule has 3 rings (SSSR count). The van der Waals surface area contributed by atoms with Crippen molar-refractivity contribution in [3.8, 4) is 11.5 Å². The van der Waals surface area contributed by atoms with E-state index in [1.165, 1.54) is 17.9 Å². The Bertz CT molecular complexity index is 1210. The van der Waals surface area contributed by atoms with Crippen LogP contribution < -0.4 is 19.1 Å². The average Bonchev–Trinajstić information content (AvgIpc) is 3.36. The van der Waals surface area contributed by atoms with E-state index in [1.54, 1.807) is 36.4 Å². The number of benzene rings is 2. The van der Waals surface area contributed by atoms with Crippen LogP contribution in [0.15, 0.2) is 42.5 Å². The molecule has 1 aliphatic heterocycles. The molecule has 1 aliphatic rings. The maximum absolute atomic E-state index is 13.8. The van der Waals surface area contributed by atoms with Crippen LogP contribution in [0.25, 0.3) is 0 Å². The fourth-order valence-electron chi connectivity index (χ4n) is 4.00. The molecule has 0 radical (unpaired) electrons. The zero-order valence-electron chi connectivity index (χ0n) is 21.4. The number of unbranched alkanes of at least 4 members (excludes halogenated alkanes) is 1. The van der Waals surface area contributed by atoms with Gasteiger partial charge in [0.25, 0.3) is 0 Å². The number of ether oxygens (including phenoxy) is 2. The van der Waals surface area contributed by atoms with E-state index >= 15 is 0 Å². The number of sulfonamides is 1. The SMILES string of the molecule is CCCCNC(=O)C(CC)N(Cc1ccccc1Cl)C(=O)CN(c1ccc2c(c1)OCO2)S(=O)(=O)CC. The number of hydrogen-bond acceptors (Lipinski definition) is 6.